The molecule has 0 saturated heterocycles. The normalized spacial score (nSPS) is 11.9. The molecule has 26 heavy (non-hydrogen) atoms. The molecule has 3 aromatic rings. The van der Waals surface area contributed by atoms with Crippen molar-refractivity contribution in [2.45, 2.75) is 32.4 Å². The average molecular weight is 365 g/mol. The number of aliphatic hydroxyl groups is 1. The van der Waals surface area contributed by atoms with Crippen molar-refractivity contribution in [3.05, 3.63) is 93.2 Å². The minimum absolute atomic E-state index is 0.0772. The van der Waals surface area contributed by atoms with Crippen LogP contribution in [0.2, 0.25) is 0 Å². The topological polar surface area (TPSA) is 49.3 Å². The highest BCUT2D eigenvalue weighted by Gasteiger charge is 2.13. The van der Waals surface area contributed by atoms with E-state index in [1.165, 1.54) is 16.9 Å². The van der Waals surface area contributed by atoms with Crippen LogP contribution in [-0.2, 0) is 13.0 Å². The van der Waals surface area contributed by atoms with E-state index in [9.17, 15) is 9.90 Å². The van der Waals surface area contributed by atoms with Gasteiger partial charge in [0, 0.05) is 15.3 Å². The van der Waals surface area contributed by atoms with Gasteiger partial charge in [0.15, 0.2) is 0 Å². The van der Waals surface area contributed by atoms with Gasteiger partial charge in [0.25, 0.3) is 5.91 Å². The van der Waals surface area contributed by atoms with Crippen LogP contribution < -0.4 is 5.32 Å². The molecule has 1 aromatic heterocycles. The third-order valence-electron chi connectivity index (χ3n) is 4.25. The van der Waals surface area contributed by atoms with E-state index in [2.05, 4.69) is 12.2 Å². The van der Waals surface area contributed by atoms with Crippen molar-refractivity contribution in [3.8, 4) is 0 Å². The van der Waals surface area contributed by atoms with E-state index in [4.69, 9.17) is 0 Å². The lowest BCUT2D eigenvalue weighted by atomic mass is 10.1. The molecular weight excluding hydrogens is 342 g/mol. The second-order valence-electron chi connectivity index (χ2n) is 6.25. The molecule has 0 saturated carbocycles. The van der Waals surface area contributed by atoms with Crippen molar-refractivity contribution in [1.82, 2.24) is 5.32 Å². The van der Waals surface area contributed by atoms with Crippen molar-refractivity contribution < 1.29 is 9.90 Å². The Morgan fingerprint density at radius 2 is 1.77 bits per heavy atom. The molecule has 0 spiro atoms. The fourth-order valence-electron chi connectivity index (χ4n) is 2.82. The summed E-state index contributed by atoms with van der Waals surface area (Å²) < 4.78 is 0. The summed E-state index contributed by atoms with van der Waals surface area (Å²) in [5.74, 6) is -0.0772. The van der Waals surface area contributed by atoms with E-state index in [1.54, 1.807) is 0 Å². The quantitative estimate of drug-likeness (QED) is 0.637. The minimum Gasteiger partial charge on any atom is -0.383 e. The van der Waals surface area contributed by atoms with Gasteiger partial charge in [-0.3, -0.25) is 4.79 Å². The number of aliphatic hydroxyl groups excluding tert-OH is 1. The zero-order chi connectivity index (χ0) is 18.4. The summed E-state index contributed by atoms with van der Waals surface area (Å²) in [6, 6.07) is 21.2. The number of carbonyl (C=O) groups is 1. The molecule has 0 bridgehead atoms. The summed E-state index contributed by atoms with van der Waals surface area (Å²) in [5.41, 5.74) is 2.80. The van der Waals surface area contributed by atoms with E-state index >= 15 is 0 Å². The Bertz CT molecular complexity index is 840. The molecule has 0 aliphatic rings. The summed E-state index contributed by atoms with van der Waals surface area (Å²) in [7, 11) is 0. The van der Waals surface area contributed by atoms with Crippen LogP contribution in [0.3, 0.4) is 0 Å². The SMILES string of the molecule is CCCc1ccc(C(=O)NCc2ccc(C(O)c3ccccc3)s2)cc1. The van der Waals surface area contributed by atoms with Crippen molar-refractivity contribution in [2.75, 3.05) is 0 Å². The molecule has 134 valence electrons. The van der Waals surface area contributed by atoms with E-state index < -0.39 is 6.10 Å². The monoisotopic (exact) mass is 365 g/mol. The third kappa shape index (κ3) is 4.59. The van der Waals surface area contributed by atoms with Crippen LogP contribution in [0.25, 0.3) is 0 Å². The number of nitrogens with one attached hydrogen (secondary N) is 1. The highest BCUT2D eigenvalue weighted by molar-refractivity contribution is 7.12. The predicted octanol–water partition coefficient (Wildman–Crippen LogP) is 4.71. The van der Waals surface area contributed by atoms with Gasteiger partial charge in [-0.1, -0.05) is 55.8 Å². The van der Waals surface area contributed by atoms with Crippen LogP contribution in [0.5, 0.6) is 0 Å². The first-order valence-electron chi connectivity index (χ1n) is 8.86. The van der Waals surface area contributed by atoms with Crippen molar-refractivity contribution in [2.24, 2.45) is 0 Å². The standard InChI is InChI=1S/C22H23NO2S/c1-2-6-16-9-11-18(12-10-16)22(25)23-15-19-13-14-20(26-19)21(24)17-7-4-3-5-8-17/h3-5,7-14,21,24H,2,6,15H2,1H3,(H,23,25). The lowest BCUT2D eigenvalue weighted by molar-refractivity contribution is 0.0951. The van der Waals surface area contributed by atoms with Crippen LogP contribution in [0.4, 0.5) is 0 Å². The van der Waals surface area contributed by atoms with Gasteiger partial charge in [-0.25, -0.2) is 0 Å². The Kier molecular flexibility index (Phi) is 6.21. The second kappa shape index (κ2) is 8.79. The van der Waals surface area contributed by atoms with Gasteiger partial charge in [-0.2, -0.15) is 0 Å². The first kappa shape index (κ1) is 18.4. The summed E-state index contributed by atoms with van der Waals surface area (Å²) in [6.45, 7) is 2.60. The van der Waals surface area contributed by atoms with Gasteiger partial charge in [0.2, 0.25) is 0 Å². The number of hydrogen-bond donors (Lipinski definition) is 2. The zero-order valence-electron chi connectivity index (χ0n) is 14.8. The molecule has 3 nitrogen and oxygen atoms in total. The average Bonchev–Trinajstić information content (AvgIpc) is 3.16. The zero-order valence-corrected chi connectivity index (χ0v) is 15.6. The fraction of sp³-hybridized carbons (Fsp3) is 0.227. The summed E-state index contributed by atoms with van der Waals surface area (Å²) >= 11 is 1.52. The number of aryl methyl sites for hydroxylation is 1. The van der Waals surface area contributed by atoms with Gasteiger partial charge in [-0.15, -0.1) is 11.3 Å². The minimum atomic E-state index is -0.628. The smallest absolute Gasteiger partial charge is 0.251 e. The molecule has 0 radical (unpaired) electrons. The molecule has 3 rings (SSSR count). The van der Waals surface area contributed by atoms with Crippen LogP contribution in [0.1, 0.15) is 50.7 Å². The predicted molar refractivity (Wildman–Crippen MR) is 106 cm³/mol. The Morgan fingerprint density at radius 1 is 1.04 bits per heavy atom. The highest BCUT2D eigenvalue weighted by atomic mass is 32.1. The number of amides is 1. The highest BCUT2D eigenvalue weighted by Crippen LogP contribution is 2.28. The van der Waals surface area contributed by atoms with Crippen LogP contribution in [0.15, 0.2) is 66.7 Å². The van der Waals surface area contributed by atoms with Crippen LogP contribution in [0, 0.1) is 0 Å². The number of carbonyl (C=O) groups excluding carboxylic acids is 1. The van der Waals surface area contributed by atoms with Gasteiger partial charge < -0.3 is 10.4 Å². The maximum absolute atomic E-state index is 12.3. The first-order chi connectivity index (χ1) is 12.7. The third-order valence-corrected chi connectivity index (χ3v) is 5.38. The molecule has 2 aromatic carbocycles. The summed E-state index contributed by atoms with van der Waals surface area (Å²) in [4.78, 5) is 14.2. The molecular formula is C22H23NO2S. The maximum atomic E-state index is 12.3. The molecule has 1 atom stereocenters. The van der Waals surface area contributed by atoms with E-state index in [0.29, 0.717) is 12.1 Å². The molecule has 0 aliphatic heterocycles. The van der Waals surface area contributed by atoms with Crippen molar-refractivity contribution >= 4 is 17.2 Å². The molecule has 1 unspecified atom stereocenters. The number of benzene rings is 2. The largest absolute Gasteiger partial charge is 0.383 e. The fourth-order valence-corrected chi connectivity index (χ4v) is 3.78. The summed E-state index contributed by atoms with van der Waals surface area (Å²) in [5, 5.41) is 13.4. The summed E-state index contributed by atoms with van der Waals surface area (Å²) in [6.07, 6.45) is 1.50. The maximum Gasteiger partial charge on any atom is 0.251 e. The van der Waals surface area contributed by atoms with E-state index in [-0.39, 0.29) is 5.91 Å². The van der Waals surface area contributed by atoms with E-state index in [0.717, 1.165) is 28.2 Å². The van der Waals surface area contributed by atoms with Gasteiger partial charge >= 0.3 is 0 Å². The Morgan fingerprint density at radius 3 is 2.46 bits per heavy atom. The Labute approximate surface area is 158 Å². The van der Waals surface area contributed by atoms with E-state index in [1.807, 2.05) is 66.7 Å². The molecule has 0 aliphatic carbocycles. The lowest BCUT2D eigenvalue weighted by Gasteiger charge is -2.08. The van der Waals surface area contributed by atoms with Crippen molar-refractivity contribution in [3.63, 3.8) is 0 Å². The van der Waals surface area contributed by atoms with Crippen LogP contribution >= 0.6 is 11.3 Å². The number of rotatable bonds is 7. The molecule has 0 fully saturated rings. The van der Waals surface area contributed by atoms with Crippen LogP contribution in [-0.4, -0.2) is 11.0 Å². The molecule has 2 N–H and O–H groups in total. The van der Waals surface area contributed by atoms with Crippen molar-refractivity contribution in [1.29, 1.82) is 0 Å². The first-order valence-corrected chi connectivity index (χ1v) is 9.67. The molecule has 1 heterocycles. The molecule has 1 amide bonds. The Balaban J connectivity index is 1.58. The van der Waals surface area contributed by atoms with Gasteiger partial charge in [-0.05, 0) is 41.8 Å². The van der Waals surface area contributed by atoms with Gasteiger partial charge in [0.05, 0.1) is 6.54 Å². The van der Waals surface area contributed by atoms with Gasteiger partial charge in [0.1, 0.15) is 6.10 Å². The number of thiophene rings is 1. The molecule has 4 heteroatoms. The number of hydrogen-bond acceptors (Lipinski definition) is 3. The Hall–Kier alpha value is -2.43. The second-order valence-corrected chi connectivity index (χ2v) is 7.45. The lowest BCUT2D eigenvalue weighted by Crippen LogP contribution is -2.22.